The van der Waals surface area contributed by atoms with E-state index < -0.39 is 0 Å². The van der Waals surface area contributed by atoms with Gasteiger partial charge < -0.3 is 19.4 Å². The number of rotatable bonds is 9. The number of carbonyl (C=O) groups is 1. The van der Waals surface area contributed by atoms with Crippen LogP contribution in [0.1, 0.15) is 39.5 Å². The molecule has 1 amide bonds. The molecule has 36 heavy (non-hydrogen) atoms. The van der Waals surface area contributed by atoms with Crippen LogP contribution < -0.4 is 15.0 Å². The average Bonchev–Trinajstić information content (AvgIpc) is 2.90. The summed E-state index contributed by atoms with van der Waals surface area (Å²) >= 11 is 0. The van der Waals surface area contributed by atoms with E-state index in [9.17, 15) is 9.59 Å². The van der Waals surface area contributed by atoms with Gasteiger partial charge in [-0.25, -0.2) is 0 Å². The number of hydrogen-bond acceptors (Lipinski definition) is 4. The Bertz CT molecular complexity index is 1420. The number of aryl methyl sites for hydroxylation is 2. The second-order valence-electron chi connectivity index (χ2n) is 8.93. The van der Waals surface area contributed by atoms with Gasteiger partial charge in [-0.2, -0.15) is 0 Å². The number of aromatic amines is 1. The van der Waals surface area contributed by atoms with E-state index in [1.807, 2.05) is 67.6 Å². The zero-order valence-electron chi connectivity index (χ0n) is 21.3. The number of ether oxygens (including phenoxy) is 2. The Balaban J connectivity index is 1.65. The Morgan fingerprint density at radius 3 is 2.31 bits per heavy atom. The standard InChI is InChI=1S/C30H32N2O4/c1-5-21-8-12-26-24(16-21)18-25(29(33)31-26)19-32(30(34)23-10-6-20(2)7-11-23)15-14-22-9-13-27(35-3)28(17-22)36-4/h6-13,16-18H,5,14-15,19H2,1-4H3,(H,31,33). The van der Waals surface area contributed by atoms with Crippen LogP contribution >= 0.6 is 0 Å². The monoisotopic (exact) mass is 484 g/mol. The molecule has 0 radical (unpaired) electrons. The van der Waals surface area contributed by atoms with Gasteiger partial charge in [-0.05, 0) is 78.7 Å². The first kappa shape index (κ1) is 25.0. The molecule has 0 spiro atoms. The minimum absolute atomic E-state index is 0.114. The van der Waals surface area contributed by atoms with Gasteiger partial charge in [-0.3, -0.25) is 9.59 Å². The van der Waals surface area contributed by atoms with Crippen LogP contribution in [0, 0.1) is 6.92 Å². The SMILES string of the molecule is CCc1ccc2[nH]c(=O)c(CN(CCc3ccc(OC)c(OC)c3)C(=O)c3ccc(C)cc3)cc2c1. The number of methoxy groups -OCH3 is 2. The van der Waals surface area contributed by atoms with E-state index in [4.69, 9.17) is 9.47 Å². The molecule has 0 aliphatic heterocycles. The second-order valence-corrected chi connectivity index (χ2v) is 8.93. The van der Waals surface area contributed by atoms with Crippen LogP contribution in [0.25, 0.3) is 10.9 Å². The normalized spacial score (nSPS) is 10.9. The molecule has 1 heterocycles. The van der Waals surface area contributed by atoms with Crippen LogP contribution in [-0.4, -0.2) is 36.6 Å². The first-order chi connectivity index (χ1) is 17.4. The Labute approximate surface area is 211 Å². The lowest BCUT2D eigenvalue weighted by atomic mass is 10.1. The molecule has 1 aromatic heterocycles. The lowest BCUT2D eigenvalue weighted by molar-refractivity contribution is 0.0744. The topological polar surface area (TPSA) is 71.6 Å². The smallest absolute Gasteiger partial charge is 0.254 e. The van der Waals surface area contributed by atoms with E-state index in [1.54, 1.807) is 19.1 Å². The number of pyridine rings is 1. The van der Waals surface area contributed by atoms with Crippen molar-refractivity contribution in [2.75, 3.05) is 20.8 Å². The van der Waals surface area contributed by atoms with Crippen molar-refractivity contribution in [1.29, 1.82) is 0 Å². The zero-order valence-corrected chi connectivity index (χ0v) is 21.3. The van der Waals surface area contributed by atoms with Crippen LogP contribution in [0.5, 0.6) is 11.5 Å². The largest absolute Gasteiger partial charge is 0.493 e. The van der Waals surface area contributed by atoms with Crippen LogP contribution in [0.3, 0.4) is 0 Å². The Morgan fingerprint density at radius 2 is 1.61 bits per heavy atom. The molecule has 6 nitrogen and oxygen atoms in total. The Morgan fingerprint density at radius 1 is 0.889 bits per heavy atom. The highest BCUT2D eigenvalue weighted by Crippen LogP contribution is 2.28. The lowest BCUT2D eigenvalue weighted by Gasteiger charge is -2.23. The highest BCUT2D eigenvalue weighted by Gasteiger charge is 2.19. The van der Waals surface area contributed by atoms with E-state index >= 15 is 0 Å². The maximum atomic E-state index is 13.5. The van der Waals surface area contributed by atoms with Crippen LogP contribution in [0.15, 0.2) is 71.5 Å². The Kier molecular flexibility index (Phi) is 7.74. The van der Waals surface area contributed by atoms with Crippen molar-refractivity contribution in [2.45, 2.75) is 33.2 Å². The number of hydrogen-bond donors (Lipinski definition) is 1. The minimum Gasteiger partial charge on any atom is -0.493 e. The predicted octanol–water partition coefficient (Wildman–Crippen LogP) is 5.30. The number of fused-ring (bicyclic) bond motifs is 1. The molecule has 186 valence electrons. The summed E-state index contributed by atoms with van der Waals surface area (Å²) in [5.74, 6) is 1.18. The summed E-state index contributed by atoms with van der Waals surface area (Å²) in [6, 6.07) is 21.2. The highest BCUT2D eigenvalue weighted by atomic mass is 16.5. The van der Waals surface area contributed by atoms with Gasteiger partial charge in [-0.15, -0.1) is 0 Å². The van der Waals surface area contributed by atoms with Crippen LogP contribution in [0.2, 0.25) is 0 Å². The number of nitrogens with zero attached hydrogens (tertiary/aromatic N) is 1. The van der Waals surface area contributed by atoms with Gasteiger partial charge in [0.15, 0.2) is 11.5 Å². The van der Waals surface area contributed by atoms with Gasteiger partial charge in [0.05, 0.1) is 20.8 Å². The summed E-state index contributed by atoms with van der Waals surface area (Å²) in [6.07, 6.45) is 1.51. The maximum absolute atomic E-state index is 13.5. The molecule has 0 aliphatic carbocycles. The Hall–Kier alpha value is -4.06. The van der Waals surface area contributed by atoms with E-state index in [2.05, 4.69) is 18.0 Å². The van der Waals surface area contributed by atoms with Gasteiger partial charge in [0.25, 0.3) is 11.5 Å². The summed E-state index contributed by atoms with van der Waals surface area (Å²) < 4.78 is 10.8. The molecule has 1 N–H and O–H groups in total. The fourth-order valence-electron chi connectivity index (χ4n) is 4.28. The van der Waals surface area contributed by atoms with Crippen LogP contribution in [0.4, 0.5) is 0 Å². The first-order valence-corrected chi connectivity index (χ1v) is 12.1. The number of carbonyl (C=O) groups excluding carboxylic acids is 1. The van der Waals surface area contributed by atoms with Crippen molar-refractivity contribution < 1.29 is 14.3 Å². The third-order valence-corrected chi connectivity index (χ3v) is 6.46. The van der Waals surface area contributed by atoms with Gasteiger partial charge in [0.2, 0.25) is 0 Å². The summed E-state index contributed by atoms with van der Waals surface area (Å²) in [6.45, 7) is 4.74. The van der Waals surface area contributed by atoms with Gasteiger partial charge in [0.1, 0.15) is 0 Å². The van der Waals surface area contributed by atoms with Gasteiger partial charge >= 0.3 is 0 Å². The van der Waals surface area contributed by atoms with Crippen molar-refractivity contribution in [3.63, 3.8) is 0 Å². The van der Waals surface area contributed by atoms with Gasteiger partial charge in [0, 0.05) is 23.2 Å². The summed E-state index contributed by atoms with van der Waals surface area (Å²) in [4.78, 5) is 31.2. The predicted molar refractivity (Wildman–Crippen MR) is 143 cm³/mol. The van der Waals surface area contributed by atoms with Gasteiger partial charge in [-0.1, -0.05) is 36.8 Å². The molecule has 6 heteroatoms. The lowest BCUT2D eigenvalue weighted by Crippen LogP contribution is -2.34. The third kappa shape index (κ3) is 5.60. The van der Waals surface area contributed by atoms with Crippen molar-refractivity contribution in [1.82, 2.24) is 9.88 Å². The summed E-state index contributed by atoms with van der Waals surface area (Å²) in [5.41, 5.74) is 5.06. The number of amides is 1. The number of nitrogens with one attached hydrogen (secondary N) is 1. The van der Waals surface area contributed by atoms with Crippen molar-refractivity contribution in [2.24, 2.45) is 0 Å². The van der Waals surface area contributed by atoms with Crippen molar-refractivity contribution in [3.8, 4) is 11.5 Å². The highest BCUT2D eigenvalue weighted by molar-refractivity contribution is 5.94. The third-order valence-electron chi connectivity index (χ3n) is 6.46. The zero-order chi connectivity index (χ0) is 25.7. The number of benzene rings is 3. The molecule has 0 saturated heterocycles. The quantitative estimate of drug-likeness (QED) is 0.350. The molecule has 0 unspecified atom stereocenters. The fraction of sp³-hybridized carbons (Fsp3) is 0.267. The number of aromatic nitrogens is 1. The fourth-order valence-corrected chi connectivity index (χ4v) is 4.28. The minimum atomic E-state index is -0.181. The molecular weight excluding hydrogens is 452 g/mol. The summed E-state index contributed by atoms with van der Waals surface area (Å²) in [7, 11) is 3.20. The van der Waals surface area contributed by atoms with E-state index in [0.29, 0.717) is 35.6 Å². The summed E-state index contributed by atoms with van der Waals surface area (Å²) in [5, 5.41) is 0.964. The maximum Gasteiger partial charge on any atom is 0.254 e. The molecule has 0 aliphatic rings. The average molecular weight is 485 g/mol. The molecule has 4 rings (SSSR count). The number of H-pyrrole nitrogens is 1. The molecule has 0 fully saturated rings. The van der Waals surface area contributed by atoms with E-state index in [1.165, 1.54) is 5.56 Å². The molecule has 0 saturated carbocycles. The second kappa shape index (κ2) is 11.1. The molecule has 4 aromatic rings. The molecule has 3 aromatic carbocycles. The first-order valence-electron chi connectivity index (χ1n) is 12.1. The molecule has 0 bridgehead atoms. The van der Waals surface area contributed by atoms with Crippen molar-refractivity contribution in [3.05, 3.63) is 105 Å². The van der Waals surface area contributed by atoms with E-state index in [-0.39, 0.29) is 18.0 Å². The molecular formula is C30H32N2O4. The molecule has 0 atom stereocenters. The van der Waals surface area contributed by atoms with Crippen LogP contribution in [-0.2, 0) is 19.4 Å². The van der Waals surface area contributed by atoms with Crippen molar-refractivity contribution >= 4 is 16.8 Å². The van der Waals surface area contributed by atoms with E-state index in [0.717, 1.165) is 28.5 Å².